The predicted molar refractivity (Wildman–Crippen MR) is 89.8 cm³/mol. The Labute approximate surface area is 132 Å². The summed E-state index contributed by atoms with van der Waals surface area (Å²) in [5.41, 5.74) is 4.79. The molecular weight excluding hydrogens is 275 g/mol. The SMILES string of the molecule is Cc1ccc(CN2CCN(c3ccccc3F)CC2)c(C)c1. The van der Waals surface area contributed by atoms with Crippen LogP contribution in [0.5, 0.6) is 0 Å². The third kappa shape index (κ3) is 3.30. The molecular formula is C19H23FN2. The molecule has 2 aromatic rings. The minimum Gasteiger partial charge on any atom is -0.367 e. The van der Waals surface area contributed by atoms with E-state index in [-0.39, 0.29) is 5.82 Å². The van der Waals surface area contributed by atoms with Crippen LogP contribution in [0.15, 0.2) is 42.5 Å². The van der Waals surface area contributed by atoms with Crippen LogP contribution in [0, 0.1) is 19.7 Å². The van der Waals surface area contributed by atoms with Crippen LogP contribution in [-0.4, -0.2) is 31.1 Å². The zero-order chi connectivity index (χ0) is 15.5. The first kappa shape index (κ1) is 15.0. The van der Waals surface area contributed by atoms with Crippen molar-refractivity contribution < 1.29 is 4.39 Å². The maximum atomic E-state index is 13.9. The first-order valence-electron chi connectivity index (χ1n) is 7.91. The van der Waals surface area contributed by atoms with Gasteiger partial charge in [0.25, 0.3) is 0 Å². The second kappa shape index (κ2) is 6.49. The van der Waals surface area contributed by atoms with E-state index in [4.69, 9.17) is 0 Å². The average Bonchev–Trinajstić information content (AvgIpc) is 2.51. The van der Waals surface area contributed by atoms with E-state index in [2.05, 4.69) is 41.8 Å². The van der Waals surface area contributed by atoms with Gasteiger partial charge in [-0.3, -0.25) is 4.90 Å². The summed E-state index contributed by atoms with van der Waals surface area (Å²) < 4.78 is 13.9. The molecule has 22 heavy (non-hydrogen) atoms. The number of hydrogen-bond acceptors (Lipinski definition) is 2. The molecule has 1 fully saturated rings. The third-order valence-electron chi connectivity index (χ3n) is 4.46. The fraction of sp³-hybridized carbons (Fsp3) is 0.368. The first-order valence-corrected chi connectivity index (χ1v) is 7.91. The van der Waals surface area contributed by atoms with Crippen LogP contribution in [0.3, 0.4) is 0 Å². The molecule has 3 rings (SSSR count). The number of hydrogen-bond donors (Lipinski definition) is 0. The van der Waals surface area contributed by atoms with Crippen LogP contribution in [0.2, 0.25) is 0 Å². The van der Waals surface area contributed by atoms with E-state index >= 15 is 0 Å². The summed E-state index contributed by atoms with van der Waals surface area (Å²) in [4.78, 5) is 4.60. The molecule has 0 amide bonds. The summed E-state index contributed by atoms with van der Waals surface area (Å²) >= 11 is 0. The van der Waals surface area contributed by atoms with Crippen molar-refractivity contribution in [1.82, 2.24) is 4.90 Å². The van der Waals surface area contributed by atoms with Crippen LogP contribution in [0.4, 0.5) is 10.1 Å². The highest BCUT2D eigenvalue weighted by atomic mass is 19.1. The largest absolute Gasteiger partial charge is 0.367 e. The Hall–Kier alpha value is -1.87. The summed E-state index contributed by atoms with van der Waals surface area (Å²) in [6.45, 7) is 9.00. The molecule has 0 N–H and O–H groups in total. The second-order valence-electron chi connectivity index (χ2n) is 6.14. The van der Waals surface area contributed by atoms with E-state index < -0.39 is 0 Å². The van der Waals surface area contributed by atoms with Crippen LogP contribution in [0.25, 0.3) is 0 Å². The lowest BCUT2D eigenvalue weighted by molar-refractivity contribution is 0.249. The summed E-state index contributed by atoms with van der Waals surface area (Å²) in [6, 6.07) is 13.7. The van der Waals surface area contributed by atoms with Crippen molar-refractivity contribution in [2.45, 2.75) is 20.4 Å². The monoisotopic (exact) mass is 298 g/mol. The van der Waals surface area contributed by atoms with Gasteiger partial charge >= 0.3 is 0 Å². The van der Waals surface area contributed by atoms with E-state index in [0.717, 1.165) is 38.4 Å². The van der Waals surface area contributed by atoms with Crippen molar-refractivity contribution in [3.63, 3.8) is 0 Å². The molecule has 0 saturated carbocycles. The van der Waals surface area contributed by atoms with Crippen molar-refractivity contribution in [3.05, 3.63) is 65.0 Å². The maximum absolute atomic E-state index is 13.9. The molecule has 0 aromatic heterocycles. The van der Waals surface area contributed by atoms with Crippen LogP contribution < -0.4 is 4.90 Å². The van der Waals surface area contributed by atoms with Gasteiger partial charge in [-0.25, -0.2) is 4.39 Å². The Morgan fingerprint density at radius 1 is 0.955 bits per heavy atom. The lowest BCUT2D eigenvalue weighted by Crippen LogP contribution is -2.46. The van der Waals surface area contributed by atoms with Gasteiger partial charge in [0.15, 0.2) is 0 Å². The highest BCUT2D eigenvalue weighted by molar-refractivity contribution is 5.48. The number of aryl methyl sites for hydroxylation is 2. The normalized spacial score (nSPS) is 16.0. The minimum atomic E-state index is -0.120. The van der Waals surface area contributed by atoms with Crippen molar-refractivity contribution in [3.8, 4) is 0 Å². The topological polar surface area (TPSA) is 6.48 Å². The van der Waals surface area contributed by atoms with Crippen LogP contribution in [-0.2, 0) is 6.54 Å². The van der Waals surface area contributed by atoms with Crippen molar-refractivity contribution >= 4 is 5.69 Å². The Morgan fingerprint density at radius 3 is 2.36 bits per heavy atom. The Bertz CT molecular complexity index is 646. The first-order chi connectivity index (χ1) is 10.6. The van der Waals surface area contributed by atoms with Gasteiger partial charge in [-0.1, -0.05) is 35.9 Å². The summed E-state index contributed by atoms with van der Waals surface area (Å²) in [7, 11) is 0. The molecule has 0 atom stereocenters. The average molecular weight is 298 g/mol. The van der Waals surface area contributed by atoms with Crippen molar-refractivity contribution in [2.75, 3.05) is 31.1 Å². The molecule has 0 unspecified atom stereocenters. The van der Waals surface area contributed by atoms with E-state index in [1.54, 1.807) is 6.07 Å². The molecule has 0 aliphatic carbocycles. The summed E-state index contributed by atoms with van der Waals surface area (Å²) in [6.07, 6.45) is 0. The number of para-hydroxylation sites is 1. The van der Waals surface area contributed by atoms with Gasteiger partial charge in [-0.15, -0.1) is 0 Å². The van der Waals surface area contributed by atoms with E-state index in [1.807, 2.05) is 12.1 Å². The van der Waals surface area contributed by atoms with Crippen LogP contribution >= 0.6 is 0 Å². The molecule has 0 bridgehead atoms. The van der Waals surface area contributed by atoms with E-state index in [9.17, 15) is 4.39 Å². The van der Waals surface area contributed by atoms with Crippen molar-refractivity contribution in [1.29, 1.82) is 0 Å². The smallest absolute Gasteiger partial charge is 0.146 e. The van der Waals surface area contributed by atoms with Gasteiger partial charge in [0.05, 0.1) is 5.69 Å². The highest BCUT2D eigenvalue weighted by Gasteiger charge is 2.19. The Kier molecular flexibility index (Phi) is 4.44. The molecule has 1 aliphatic heterocycles. The molecule has 2 aromatic carbocycles. The van der Waals surface area contributed by atoms with E-state index in [1.165, 1.54) is 22.8 Å². The van der Waals surface area contributed by atoms with Crippen molar-refractivity contribution in [2.24, 2.45) is 0 Å². The minimum absolute atomic E-state index is 0.120. The van der Waals surface area contributed by atoms with Gasteiger partial charge in [-0.05, 0) is 37.1 Å². The molecule has 1 saturated heterocycles. The van der Waals surface area contributed by atoms with Gasteiger partial charge < -0.3 is 4.90 Å². The number of piperazine rings is 1. The molecule has 3 heteroatoms. The standard InChI is InChI=1S/C19H23FN2/c1-15-7-8-17(16(2)13-15)14-21-9-11-22(12-10-21)19-6-4-3-5-18(19)20/h3-8,13H,9-12,14H2,1-2H3. The highest BCUT2D eigenvalue weighted by Crippen LogP contribution is 2.21. The molecule has 1 aliphatic rings. The number of halogens is 1. The maximum Gasteiger partial charge on any atom is 0.146 e. The summed E-state index contributed by atoms with van der Waals surface area (Å²) in [5, 5.41) is 0. The zero-order valence-electron chi connectivity index (χ0n) is 13.3. The van der Waals surface area contributed by atoms with Gasteiger partial charge in [0, 0.05) is 32.7 Å². The van der Waals surface area contributed by atoms with Crippen LogP contribution in [0.1, 0.15) is 16.7 Å². The molecule has 0 radical (unpaired) electrons. The summed E-state index contributed by atoms with van der Waals surface area (Å²) in [5.74, 6) is -0.120. The quantitative estimate of drug-likeness (QED) is 0.851. The lowest BCUT2D eigenvalue weighted by Gasteiger charge is -2.36. The fourth-order valence-corrected chi connectivity index (χ4v) is 3.12. The van der Waals surface area contributed by atoms with E-state index in [0.29, 0.717) is 0 Å². The zero-order valence-corrected chi connectivity index (χ0v) is 13.3. The lowest BCUT2D eigenvalue weighted by atomic mass is 10.1. The molecule has 116 valence electrons. The van der Waals surface area contributed by atoms with Gasteiger partial charge in [-0.2, -0.15) is 0 Å². The van der Waals surface area contributed by atoms with Gasteiger partial charge in [0.1, 0.15) is 5.82 Å². The fourth-order valence-electron chi connectivity index (χ4n) is 3.12. The number of rotatable bonds is 3. The third-order valence-corrected chi connectivity index (χ3v) is 4.46. The molecule has 2 nitrogen and oxygen atoms in total. The molecule has 0 spiro atoms. The molecule has 1 heterocycles. The predicted octanol–water partition coefficient (Wildman–Crippen LogP) is 3.76. The Morgan fingerprint density at radius 2 is 1.68 bits per heavy atom. The number of anilines is 1. The second-order valence-corrected chi connectivity index (χ2v) is 6.14. The number of benzene rings is 2. The Balaban J connectivity index is 1.61. The van der Waals surface area contributed by atoms with Gasteiger partial charge in [0.2, 0.25) is 0 Å². The number of nitrogens with zero attached hydrogens (tertiary/aromatic N) is 2.